The fraction of sp³-hybridized carbons (Fsp3) is 0.211. The number of aromatic hydroxyl groups is 1. The first-order valence-electron chi connectivity index (χ1n) is 7.72. The summed E-state index contributed by atoms with van der Waals surface area (Å²) in [5, 5.41) is 9.52. The Morgan fingerprint density at radius 3 is 2.60 bits per heavy atom. The number of esters is 1. The van der Waals surface area contributed by atoms with Crippen molar-refractivity contribution in [3.05, 3.63) is 58.7 Å². The molecule has 1 N–H and O–H groups in total. The van der Waals surface area contributed by atoms with Crippen molar-refractivity contribution in [1.29, 1.82) is 0 Å². The van der Waals surface area contributed by atoms with Crippen molar-refractivity contribution in [3.63, 3.8) is 0 Å². The molecule has 25 heavy (non-hydrogen) atoms. The fourth-order valence-corrected chi connectivity index (χ4v) is 2.83. The highest BCUT2D eigenvalue weighted by Gasteiger charge is 2.31. The van der Waals surface area contributed by atoms with E-state index < -0.39 is 17.7 Å². The summed E-state index contributed by atoms with van der Waals surface area (Å²) in [6, 6.07) is 7.91. The number of hydrogen-bond acceptors (Lipinski definition) is 3. The summed E-state index contributed by atoms with van der Waals surface area (Å²) in [6.07, 6.45) is -2.37. The smallest absolute Gasteiger partial charge is 0.416 e. The molecule has 0 saturated heterocycles. The van der Waals surface area contributed by atoms with Crippen molar-refractivity contribution in [1.82, 2.24) is 0 Å². The molecule has 0 aromatic heterocycles. The van der Waals surface area contributed by atoms with E-state index in [2.05, 4.69) is 0 Å². The Kier molecular flexibility index (Phi) is 4.29. The number of phenols is 1. The quantitative estimate of drug-likeness (QED) is 0.625. The van der Waals surface area contributed by atoms with Gasteiger partial charge in [0.25, 0.3) is 0 Å². The number of alkyl halides is 3. The summed E-state index contributed by atoms with van der Waals surface area (Å²) in [7, 11) is 0. The summed E-state index contributed by atoms with van der Waals surface area (Å²) in [4.78, 5) is 12.0. The lowest BCUT2D eigenvalue weighted by molar-refractivity contribution is -0.137. The van der Waals surface area contributed by atoms with Crippen LogP contribution < -0.4 is 4.74 Å². The van der Waals surface area contributed by atoms with E-state index >= 15 is 0 Å². The molecule has 2 aromatic carbocycles. The van der Waals surface area contributed by atoms with Crippen LogP contribution in [0.4, 0.5) is 13.2 Å². The molecule has 0 aliphatic carbocycles. The molecule has 0 bridgehead atoms. The second-order valence-electron chi connectivity index (χ2n) is 5.77. The molecule has 0 spiro atoms. The molecule has 1 aliphatic rings. The molecular formula is C19H15F3O3. The maximum Gasteiger partial charge on any atom is 0.416 e. The Bertz CT molecular complexity index is 867. The molecule has 0 unspecified atom stereocenters. The summed E-state index contributed by atoms with van der Waals surface area (Å²) in [6.45, 7) is 1.76. The summed E-state index contributed by atoms with van der Waals surface area (Å²) >= 11 is 0. The van der Waals surface area contributed by atoms with E-state index in [4.69, 9.17) is 4.74 Å². The van der Waals surface area contributed by atoms with Crippen molar-refractivity contribution < 1.29 is 27.8 Å². The van der Waals surface area contributed by atoms with E-state index in [-0.39, 0.29) is 17.9 Å². The molecule has 3 nitrogen and oxygen atoms in total. The van der Waals surface area contributed by atoms with Gasteiger partial charge in [-0.05, 0) is 53.5 Å². The van der Waals surface area contributed by atoms with Gasteiger partial charge in [0.15, 0.2) is 0 Å². The number of carbonyl (C=O) groups is 1. The van der Waals surface area contributed by atoms with Crippen molar-refractivity contribution >= 4 is 17.6 Å². The van der Waals surface area contributed by atoms with Gasteiger partial charge in [0.2, 0.25) is 0 Å². The molecule has 0 amide bonds. The fourth-order valence-electron chi connectivity index (χ4n) is 2.83. The number of ether oxygens (including phenoxy) is 1. The third-order valence-corrected chi connectivity index (χ3v) is 4.04. The van der Waals surface area contributed by atoms with Gasteiger partial charge in [-0.3, -0.25) is 4.79 Å². The molecule has 6 heteroatoms. The second kappa shape index (κ2) is 6.27. The number of benzene rings is 2. The number of hydrogen-bond donors (Lipinski definition) is 1. The predicted molar refractivity (Wildman–Crippen MR) is 87.1 cm³/mol. The number of carbonyl (C=O) groups excluding carboxylic acids is 1. The molecule has 0 atom stereocenters. The molecule has 1 aliphatic heterocycles. The second-order valence-corrected chi connectivity index (χ2v) is 5.77. The SMILES string of the molecule is CCc1cc(C(F)(F)F)ccc1C1=Cc2ccc(O)cc2OC(=O)C1. The van der Waals surface area contributed by atoms with Crippen LogP contribution in [-0.2, 0) is 17.4 Å². The minimum atomic E-state index is -4.41. The third-order valence-electron chi connectivity index (χ3n) is 4.04. The van der Waals surface area contributed by atoms with Gasteiger partial charge in [0, 0.05) is 11.6 Å². The van der Waals surface area contributed by atoms with Crippen LogP contribution in [0.5, 0.6) is 11.5 Å². The van der Waals surface area contributed by atoms with Crippen molar-refractivity contribution in [2.24, 2.45) is 0 Å². The van der Waals surface area contributed by atoms with Gasteiger partial charge >= 0.3 is 12.1 Å². The lowest BCUT2D eigenvalue weighted by Crippen LogP contribution is -2.09. The highest BCUT2D eigenvalue weighted by molar-refractivity contribution is 5.96. The van der Waals surface area contributed by atoms with Crippen LogP contribution in [0.25, 0.3) is 11.6 Å². The van der Waals surface area contributed by atoms with Crippen LogP contribution in [0, 0.1) is 0 Å². The average molecular weight is 348 g/mol. The van der Waals surface area contributed by atoms with Crippen molar-refractivity contribution in [2.75, 3.05) is 0 Å². The molecule has 0 saturated carbocycles. The highest BCUT2D eigenvalue weighted by Crippen LogP contribution is 2.36. The van der Waals surface area contributed by atoms with Crippen molar-refractivity contribution in [3.8, 4) is 11.5 Å². The van der Waals surface area contributed by atoms with Gasteiger partial charge in [-0.1, -0.05) is 13.0 Å². The topological polar surface area (TPSA) is 46.5 Å². The molecule has 1 heterocycles. The van der Waals surface area contributed by atoms with Gasteiger partial charge in [0.1, 0.15) is 11.5 Å². The van der Waals surface area contributed by atoms with Gasteiger partial charge in [-0.25, -0.2) is 0 Å². The molecular weight excluding hydrogens is 333 g/mol. The van der Waals surface area contributed by atoms with Crippen LogP contribution >= 0.6 is 0 Å². The van der Waals surface area contributed by atoms with Gasteiger partial charge in [0.05, 0.1) is 12.0 Å². The first-order chi connectivity index (χ1) is 11.8. The maximum atomic E-state index is 12.9. The van der Waals surface area contributed by atoms with E-state index in [1.165, 1.54) is 18.2 Å². The monoisotopic (exact) mass is 348 g/mol. The summed E-state index contributed by atoms with van der Waals surface area (Å²) in [5.74, 6) is -0.338. The van der Waals surface area contributed by atoms with Crippen LogP contribution in [0.3, 0.4) is 0 Å². The predicted octanol–water partition coefficient (Wildman–Crippen LogP) is 4.82. The zero-order valence-electron chi connectivity index (χ0n) is 13.4. The van der Waals surface area contributed by atoms with E-state index in [9.17, 15) is 23.1 Å². The molecule has 130 valence electrons. The highest BCUT2D eigenvalue weighted by atomic mass is 19.4. The minimum absolute atomic E-state index is 0.0350. The lowest BCUT2D eigenvalue weighted by Gasteiger charge is -2.14. The van der Waals surface area contributed by atoms with Gasteiger partial charge in [-0.2, -0.15) is 13.2 Å². The first kappa shape index (κ1) is 17.1. The third kappa shape index (κ3) is 3.52. The Morgan fingerprint density at radius 1 is 1.16 bits per heavy atom. The number of phenolic OH excluding ortho intramolecular Hbond substituents is 1. The van der Waals surface area contributed by atoms with Crippen molar-refractivity contribution in [2.45, 2.75) is 25.9 Å². The van der Waals surface area contributed by atoms with E-state index in [0.717, 1.165) is 12.1 Å². The zero-order chi connectivity index (χ0) is 18.2. The van der Waals surface area contributed by atoms with Crippen LogP contribution in [0.1, 0.15) is 35.6 Å². The van der Waals surface area contributed by atoms with E-state index in [1.54, 1.807) is 19.1 Å². The number of aryl methyl sites for hydroxylation is 1. The Hall–Kier alpha value is -2.76. The Balaban J connectivity index is 2.11. The maximum absolute atomic E-state index is 12.9. The zero-order valence-corrected chi connectivity index (χ0v) is 13.4. The lowest BCUT2D eigenvalue weighted by atomic mass is 9.93. The number of rotatable bonds is 2. The van der Waals surface area contributed by atoms with E-state index in [1.807, 2.05) is 0 Å². The number of halogens is 3. The number of fused-ring (bicyclic) bond motifs is 1. The molecule has 2 aromatic rings. The van der Waals surface area contributed by atoms with E-state index in [0.29, 0.717) is 28.7 Å². The van der Waals surface area contributed by atoms with Gasteiger partial charge in [-0.15, -0.1) is 0 Å². The van der Waals surface area contributed by atoms with Gasteiger partial charge < -0.3 is 9.84 Å². The summed E-state index contributed by atoms with van der Waals surface area (Å²) < 4.78 is 44.0. The Morgan fingerprint density at radius 2 is 1.92 bits per heavy atom. The molecule has 3 rings (SSSR count). The molecule has 0 radical (unpaired) electrons. The summed E-state index contributed by atoms with van der Waals surface area (Å²) in [5.41, 5.74) is 1.56. The normalized spacial score (nSPS) is 14.4. The van der Waals surface area contributed by atoms with Crippen LogP contribution in [0.15, 0.2) is 36.4 Å². The largest absolute Gasteiger partial charge is 0.508 e. The Labute approximate surface area is 142 Å². The van der Waals surface area contributed by atoms with Crippen LogP contribution in [0.2, 0.25) is 0 Å². The standard InChI is InChI=1S/C19H15F3O3/c1-2-11-8-14(19(20,21)22)4-6-16(11)13-7-12-3-5-15(23)10-17(12)25-18(24)9-13/h3-8,10,23H,2,9H2,1H3. The minimum Gasteiger partial charge on any atom is -0.508 e. The average Bonchev–Trinajstić information content (AvgIpc) is 2.70. The van der Waals surface area contributed by atoms with Crippen LogP contribution in [-0.4, -0.2) is 11.1 Å². The molecule has 0 fully saturated rings. The first-order valence-corrected chi connectivity index (χ1v) is 7.72.